The molecule has 1 aliphatic carbocycles. The first-order chi connectivity index (χ1) is 9.64. The van der Waals surface area contributed by atoms with Gasteiger partial charge in [-0.05, 0) is 50.0 Å². The normalized spacial score (nSPS) is 24.9. The molecule has 0 spiro atoms. The van der Waals surface area contributed by atoms with E-state index in [2.05, 4.69) is 80.5 Å². The summed E-state index contributed by atoms with van der Waals surface area (Å²) in [5.74, 6) is 0.723. The van der Waals surface area contributed by atoms with Crippen LogP contribution in [0.5, 0.6) is 0 Å². The third-order valence-electron chi connectivity index (χ3n) is 4.61. The first-order valence-electron chi connectivity index (χ1n) is 7.41. The highest BCUT2D eigenvalue weighted by atomic mass is 15.1. The Morgan fingerprint density at radius 3 is 2.30 bits per heavy atom. The fraction of sp³-hybridized carbons (Fsp3) is 0.368. The lowest BCUT2D eigenvalue weighted by Gasteiger charge is -2.22. The van der Waals surface area contributed by atoms with Gasteiger partial charge in [0.2, 0.25) is 0 Å². The van der Waals surface area contributed by atoms with E-state index in [9.17, 15) is 0 Å². The first-order valence-corrected chi connectivity index (χ1v) is 7.41. The minimum Gasteiger partial charge on any atom is -0.309 e. The van der Waals surface area contributed by atoms with E-state index >= 15 is 0 Å². The van der Waals surface area contributed by atoms with E-state index in [1.54, 1.807) is 0 Å². The van der Waals surface area contributed by atoms with Crippen LogP contribution in [-0.2, 0) is 5.41 Å². The molecule has 2 unspecified atom stereocenters. The smallest absolute Gasteiger partial charge is 0.0249 e. The van der Waals surface area contributed by atoms with Crippen LogP contribution in [-0.4, -0.2) is 25.5 Å². The van der Waals surface area contributed by atoms with E-state index in [4.69, 9.17) is 0 Å². The molecule has 1 nitrogen and oxygen atoms in total. The third kappa shape index (κ3) is 2.16. The van der Waals surface area contributed by atoms with Crippen molar-refractivity contribution in [3.05, 3.63) is 71.3 Å². The lowest BCUT2D eigenvalue weighted by Crippen LogP contribution is -2.22. The molecule has 20 heavy (non-hydrogen) atoms. The van der Waals surface area contributed by atoms with Crippen LogP contribution >= 0.6 is 0 Å². The molecule has 1 aliphatic rings. The fourth-order valence-electron chi connectivity index (χ4n) is 3.64. The minimum atomic E-state index is 0.233. The molecule has 2 aromatic carbocycles. The average molecular weight is 265 g/mol. The number of rotatable bonds is 4. The van der Waals surface area contributed by atoms with Crippen LogP contribution in [0.25, 0.3) is 0 Å². The second-order valence-electron chi connectivity index (χ2n) is 6.32. The van der Waals surface area contributed by atoms with Crippen molar-refractivity contribution >= 4 is 0 Å². The predicted molar refractivity (Wildman–Crippen MR) is 85.1 cm³/mol. The SMILES string of the molecule is Cc1ccccc1C1(c2ccccc2)CC1CN(C)C. The molecule has 0 heterocycles. The summed E-state index contributed by atoms with van der Waals surface area (Å²) >= 11 is 0. The third-order valence-corrected chi connectivity index (χ3v) is 4.61. The Morgan fingerprint density at radius 1 is 1.00 bits per heavy atom. The van der Waals surface area contributed by atoms with Crippen LogP contribution < -0.4 is 0 Å². The monoisotopic (exact) mass is 265 g/mol. The summed E-state index contributed by atoms with van der Waals surface area (Å²) in [6.07, 6.45) is 1.26. The van der Waals surface area contributed by atoms with Gasteiger partial charge in [-0.2, -0.15) is 0 Å². The lowest BCUT2D eigenvalue weighted by molar-refractivity contribution is 0.376. The molecule has 0 radical (unpaired) electrons. The number of hydrogen-bond acceptors (Lipinski definition) is 1. The van der Waals surface area contributed by atoms with E-state index in [1.165, 1.54) is 23.1 Å². The number of aryl methyl sites for hydroxylation is 1. The zero-order valence-electron chi connectivity index (χ0n) is 12.6. The Labute approximate surface area is 122 Å². The Hall–Kier alpha value is -1.60. The van der Waals surface area contributed by atoms with E-state index in [-0.39, 0.29) is 5.41 Å². The maximum Gasteiger partial charge on any atom is 0.0249 e. The molecule has 0 saturated heterocycles. The van der Waals surface area contributed by atoms with E-state index in [1.807, 2.05) is 0 Å². The summed E-state index contributed by atoms with van der Waals surface area (Å²) in [5, 5.41) is 0. The zero-order chi connectivity index (χ0) is 14.2. The zero-order valence-corrected chi connectivity index (χ0v) is 12.6. The lowest BCUT2D eigenvalue weighted by atomic mass is 9.83. The topological polar surface area (TPSA) is 3.24 Å². The van der Waals surface area contributed by atoms with Gasteiger partial charge in [-0.3, -0.25) is 0 Å². The summed E-state index contributed by atoms with van der Waals surface area (Å²) in [6, 6.07) is 19.9. The van der Waals surface area contributed by atoms with Crippen LogP contribution in [0.1, 0.15) is 23.1 Å². The Balaban J connectivity index is 2.05. The quantitative estimate of drug-likeness (QED) is 0.811. The summed E-state index contributed by atoms with van der Waals surface area (Å²) in [7, 11) is 4.35. The van der Waals surface area contributed by atoms with Crippen molar-refractivity contribution in [3.63, 3.8) is 0 Å². The number of benzene rings is 2. The van der Waals surface area contributed by atoms with Crippen LogP contribution in [0.2, 0.25) is 0 Å². The summed E-state index contributed by atoms with van der Waals surface area (Å²) < 4.78 is 0. The Bertz CT molecular complexity index is 588. The molecular formula is C19H23N. The maximum absolute atomic E-state index is 2.32. The van der Waals surface area contributed by atoms with Crippen molar-refractivity contribution in [3.8, 4) is 0 Å². The number of nitrogens with zero attached hydrogens (tertiary/aromatic N) is 1. The van der Waals surface area contributed by atoms with Crippen LogP contribution in [0.15, 0.2) is 54.6 Å². The van der Waals surface area contributed by atoms with Gasteiger partial charge in [-0.25, -0.2) is 0 Å². The average Bonchev–Trinajstić information content (AvgIpc) is 3.14. The van der Waals surface area contributed by atoms with Crippen molar-refractivity contribution in [2.75, 3.05) is 20.6 Å². The van der Waals surface area contributed by atoms with E-state index < -0.39 is 0 Å². The molecule has 2 atom stereocenters. The van der Waals surface area contributed by atoms with Gasteiger partial charge in [0.25, 0.3) is 0 Å². The van der Waals surface area contributed by atoms with E-state index in [0.717, 1.165) is 12.5 Å². The van der Waals surface area contributed by atoms with Crippen molar-refractivity contribution in [1.29, 1.82) is 0 Å². The standard InChI is InChI=1S/C19H23N/c1-15-9-7-8-12-18(15)19(13-17(19)14-20(2)3)16-10-5-4-6-11-16/h4-12,17H,13-14H2,1-3H3. The molecule has 2 aromatic rings. The van der Waals surface area contributed by atoms with Crippen molar-refractivity contribution in [1.82, 2.24) is 4.90 Å². The highest BCUT2D eigenvalue weighted by Gasteiger charge is 2.56. The van der Waals surface area contributed by atoms with Crippen LogP contribution in [0.4, 0.5) is 0 Å². The minimum absolute atomic E-state index is 0.233. The maximum atomic E-state index is 2.32. The highest BCUT2D eigenvalue weighted by molar-refractivity contribution is 5.50. The fourth-order valence-corrected chi connectivity index (χ4v) is 3.64. The molecule has 0 aromatic heterocycles. The largest absolute Gasteiger partial charge is 0.309 e. The van der Waals surface area contributed by atoms with Gasteiger partial charge < -0.3 is 4.90 Å². The number of hydrogen-bond donors (Lipinski definition) is 0. The summed E-state index contributed by atoms with van der Waals surface area (Å²) in [4.78, 5) is 2.31. The van der Waals surface area contributed by atoms with Gasteiger partial charge in [0, 0.05) is 12.0 Å². The molecule has 3 rings (SSSR count). The van der Waals surface area contributed by atoms with Gasteiger partial charge in [0.05, 0.1) is 0 Å². The summed E-state index contributed by atoms with van der Waals surface area (Å²) in [5.41, 5.74) is 4.63. The molecule has 0 N–H and O–H groups in total. The van der Waals surface area contributed by atoms with Crippen molar-refractivity contribution in [2.24, 2.45) is 5.92 Å². The Morgan fingerprint density at radius 2 is 1.65 bits per heavy atom. The molecule has 1 saturated carbocycles. The van der Waals surface area contributed by atoms with Gasteiger partial charge >= 0.3 is 0 Å². The molecule has 1 fully saturated rings. The molecule has 0 bridgehead atoms. The summed E-state index contributed by atoms with van der Waals surface area (Å²) in [6.45, 7) is 3.40. The van der Waals surface area contributed by atoms with Gasteiger partial charge in [0.15, 0.2) is 0 Å². The molecular weight excluding hydrogens is 242 g/mol. The van der Waals surface area contributed by atoms with Gasteiger partial charge in [-0.15, -0.1) is 0 Å². The van der Waals surface area contributed by atoms with E-state index in [0.29, 0.717) is 0 Å². The first kappa shape index (κ1) is 13.4. The molecule has 0 aliphatic heterocycles. The molecule has 1 heteroatoms. The van der Waals surface area contributed by atoms with Crippen LogP contribution in [0, 0.1) is 12.8 Å². The Kier molecular flexibility index (Phi) is 3.39. The van der Waals surface area contributed by atoms with Crippen molar-refractivity contribution in [2.45, 2.75) is 18.8 Å². The van der Waals surface area contributed by atoms with Crippen molar-refractivity contribution < 1.29 is 0 Å². The molecule has 0 amide bonds. The van der Waals surface area contributed by atoms with Crippen LogP contribution in [0.3, 0.4) is 0 Å². The second-order valence-corrected chi connectivity index (χ2v) is 6.32. The van der Waals surface area contributed by atoms with Gasteiger partial charge in [0.1, 0.15) is 0 Å². The second kappa shape index (κ2) is 5.06. The predicted octanol–water partition coefficient (Wildman–Crippen LogP) is 3.86. The highest BCUT2D eigenvalue weighted by Crippen LogP contribution is 2.59. The van der Waals surface area contributed by atoms with Gasteiger partial charge in [-0.1, -0.05) is 54.6 Å². The molecule has 104 valence electrons.